The molecular formula is C30H49ClN4O4S. The number of nitrogens with zero attached hydrogens (tertiary/aromatic N) is 2. The van der Waals surface area contributed by atoms with Gasteiger partial charge in [-0.05, 0) is 77.0 Å². The van der Waals surface area contributed by atoms with Crippen LogP contribution >= 0.6 is 11.6 Å². The summed E-state index contributed by atoms with van der Waals surface area (Å²) in [6.07, 6.45) is 6.14. The van der Waals surface area contributed by atoms with Gasteiger partial charge < -0.3 is 15.9 Å². The van der Waals surface area contributed by atoms with Crippen LogP contribution in [0.25, 0.3) is 10.8 Å². The van der Waals surface area contributed by atoms with Crippen LogP contribution < -0.4 is 10.5 Å². The summed E-state index contributed by atoms with van der Waals surface area (Å²) in [6.45, 7) is 10.4. The first kappa shape index (κ1) is 33.2. The number of sulfonamides is 1. The van der Waals surface area contributed by atoms with E-state index in [0.29, 0.717) is 42.3 Å². The highest BCUT2D eigenvalue weighted by atomic mass is 35.5. The lowest BCUT2D eigenvalue weighted by Crippen LogP contribution is -2.49. The van der Waals surface area contributed by atoms with E-state index in [0.717, 1.165) is 30.2 Å². The van der Waals surface area contributed by atoms with Gasteiger partial charge in [0.05, 0.1) is 17.1 Å². The smallest absolute Gasteiger partial charge is 0.240 e. The molecule has 2 saturated heterocycles. The van der Waals surface area contributed by atoms with Crippen molar-refractivity contribution >= 4 is 32.4 Å². The Morgan fingerprint density at radius 3 is 1.95 bits per heavy atom. The summed E-state index contributed by atoms with van der Waals surface area (Å²) in [5.74, 6) is 0. The maximum Gasteiger partial charge on any atom is 0.240 e. The highest BCUT2D eigenvalue weighted by molar-refractivity contribution is 7.89. The van der Waals surface area contributed by atoms with Crippen LogP contribution in [0, 0.1) is 0 Å². The number of piperidine rings is 2. The fraction of sp³-hybridized carbons (Fsp3) is 0.667. The van der Waals surface area contributed by atoms with Crippen molar-refractivity contribution in [2.24, 2.45) is 5.73 Å². The molecule has 2 heterocycles. The zero-order chi connectivity index (χ0) is 29.4. The van der Waals surface area contributed by atoms with Crippen molar-refractivity contribution in [1.82, 2.24) is 14.5 Å². The summed E-state index contributed by atoms with van der Waals surface area (Å²) in [4.78, 5) is 4.81. The number of hydrogen-bond acceptors (Lipinski definition) is 7. The van der Waals surface area contributed by atoms with Crippen molar-refractivity contribution in [3.8, 4) is 0 Å². The van der Waals surface area contributed by atoms with Crippen LogP contribution in [0.4, 0.5) is 0 Å². The van der Waals surface area contributed by atoms with E-state index >= 15 is 0 Å². The quantitative estimate of drug-likeness (QED) is 0.346. The van der Waals surface area contributed by atoms with Gasteiger partial charge in [0.15, 0.2) is 0 Å². The van der Waals surface area contributed by atoms with Crippen molar-refractivity contribution in [2.75, 3.05) is 26.2 Å². The lowest BCUT2D eigenvalue weighted by atomic mass is 9.97. The minimum atomic E-state index is -3.70. The van der Waals surface area contributed by atoms with Crippen molar-refractivity contribution < 1.29 is 18.6 Å². The maximum absolute atomic E-state index is 12.6. The Kier molecular flexibility index (Phi) is 12.7. The van der Waals surface area contributed by atoms with E-state index in [1.165, 1.54) is 31.7 Å². The number of aliphatic hydroxyl groups excluding tert-OH is 2. The maximum atomic E-state index is 12.6. The average molecular weight is 597 g/mol. The number of β-amino-alcohol motifs (C(OH)–C–C–N with tert-alkyl or cyclic N) is 2. The minimum absolute atomic E-state index is 0.00808. The molecule has 4 rings (SSSR count). The van der Waals surface area contributed by atoms with Crippen molar-refractivity contribution in [3.05, 3.63) is 41.4 Å². The fourth-order valence-corrected chi connectivity index (χ4v) is 7.33. The van der Waals surface area contributed by atoms with E-state index in [1.807, 2.05) is 6.07 Å². The van der Waals surface area contributed by atoms with Gasteiger partial charge in [-0.1, -0.05) is 42.6 Å². The molecule has 2 aromatic carbocycles. The standard InChI is InChI=1S/C20H27ClN2O3S.C10H22N2O/c1-14-5-3-6-15(2)23(14)13-17(24)12-22-27(25,26)18-9-10-19-16(11-18)7-4-8-20(19)21;1-8-4-3-5-9(2)12(8)7-10(13)6-11/h4,7-11,14-15,17,22,24H,3,5-6,12-13H2,1-2H3;8-10,13H,3-7,11H2,1-2H3/t14-,15+,17-;8-,9+,10-/m00/s1. The van der Waals surface area contributed by atoms with Gasteiger partial charge in [-0.2, -0.15) is 0 Å². The number of rotatable bonds is 9. The average Bonchev–Trinajstić information content (AvgIpc) is 2.92. The summed E-state index contributed by atoms with van der Waals surface area (Å²) in [5, 5.41) is 22.0. The van der Waals surface area contributed by atoms with E-state index in [2.05, 4.69) is 42.2 Å². The number of halogens is 1. The third-order valence-corrected chi connectivity index (χ3v) is 10.2. The number of likely N-dealkylation sites (tertiary alicyclic amines) is 2. The fourth-order valence-electron chi connectivity index (χ4n) is 5.97. The molecule has 0 amide bonds. The number of aliphatic hydroxyl groups is 2. The molecule has 0 aromatic heterocycles. The SMILES string of the molecule is C[C@@H]1CCC[C@H](C)N1C[C@@H](O)CN.C[C@@H]1CCC[C@H](C)N1C[C@@H](O)CNS(=O)(=O)c1ccc2c(Cl)cccc2c1. The molecule has 0 bridgehead atoms. The van der Waals surface area contributed by atoms with E-state index in [1.54, 1.807) is 24.3 Å². The van der Waals surface area contributed by atoms with Gasteiger partial charge >= 0.3 is 0 Å². The van der Waals surface area contributed by atoms with Gasteiger partial charge in [0.1, 0.15) is 0 Å². The van der Waals surface area contributed by atoms with E-state index < -0.39 is 16.1 Å². The molecule has 2 aliphatic rings. The second kappa shape index (κ2) is 15.3. The molecule has 0 spiro atoms. The van der Waals surface area contributed by atoms with E-state index in [-0.39, 0.29) is 17.5 Å². The van der Waals surface area contributed by atoms with E-state index in [9.17, 15) is 18.6 Å². The van der Waals surface area contributed by atoms with Crippen molar-refractivity contribution in [2.45, 2.75) is 107 Å². The van der Waals surface area contributed by atoms with E-state index in [4.69, 9.17) is 17.3 Å². The van der Waals surface area contributed by atoms with Crippen LogP contribution in [0.3, 0.4) is 0 Å². The van der Waals surface area contributed by atoms with Crippen LogP contribution in [-0.2, 0) is 10.0 Å². The van der Waals surface area contributed by atoms with Gasteiger partial charge in [-0.15, -0.1) is 0 Å². The first-order valence-corrected chi connectivity index (χ1v) is 16.5. The van der Waals surface area contributed by atoms with Gasteiger partial charge in [0, 0.05) is 60.8 Å². The zero-order valence-corrected chi connectivity index (χ0v) is 26.0. The highest BCUT2D eigenvalue weighted by Gasteiger charge is 2.27. The number of nitrogens with one attached hydrogen (secondary N) is 1. The molecule has 2 fully saturated rings. The molecule has 0 aliphatic carbocycles. The lowest BCUT2D eigenvalue weighted by Gasteiger charge is -2.40. The number of hydrogen-bond donors (Lipinski definition) is 4. The first-order chi connectivity index (χ1) is 18.9. The van der Waals surface area contributed by atoms with Crippen LogP contribution in [0.5, 0.6) is 0 Å². The molecule has 8 nitrogen and oxygen atoms in total. The number of benzene rings is 2. The predicted molar refractivity (Wildman–Crippen MR) is 164 cm³/mol. The minimum Gasteiger partial charge on any atom is -0.390 e. The largest absolute Gasteiger partial charge is 0.390 e. The zero-order valence-electron chi connectivity index (χ0n) is 24.5. The molecule has 10 heteroatoms. The van der Waals surface area contributed by atoms with Crippen molar-refractivity contribution in [3.63, 3.8) is 0 Å². The summed E-state index contributed by atoms with van der Waals surface area (Å²) < 4.78 is 27.8. The monoisotopic (exact) mass is 596 g/mol. The van der Waals surface area contributed by atoms with Gasteiger partial charge in [0.25, 0.3) is 0 Å². The molecule has 6 atom stereocenters. The third kappa shape index (κ3) is 9.10. The lowest BCUT2D eigenvalue weighted by molar-refractivity contribution is 0.0438. The van der Waals surface area contributed by atoms with Gasteiger partial charge in [-0.3, -0.25) is 9.80 Å². The summed E-state index contributed by atoms with van der Waals surface area (Å²) in [5.41, 5.74) is 5.40. The Labute approximate surface area is 245 Å². The van der Waals surface area contributed by atoms with Crippen LogP contribution in [0.15, 0.2) is 41.3 Å². The molecule has 226 valence electrons. The molecule has 0 saturated carbocycles. The molecule has 2 aromatic rings. The summed E-state index contributed by atoms with van der Waals surface area (Å²) >= 11 is 6.14. The van der Waals surface area contributed by atoms with Crippen LogP contribution in [0.2, 0.25) is 5.02 Å². The Bertz CT molecular complexity index is 1160. The molecule has 2 aliphatic heterocycles. The normalized spacial score (nSPS) is 26.2. The number of fused-ring (bicyclic) bond motifs is 1. The second-order valence-electron chi connectivity index (χ2n) is 11.7. The summed E-state index contributed by atoms with van der Waals surface area (Å²) in [7, 11) is -3.70. The second-order valence-corrected chi connectivity index (χ2v) is 13.8. The molecular weight excluding hydrogens is 548 g/mol. The van der Waals surface area contributed by atoms with Crippen molar-refractivity contribution in [1.29, 1.82) is 0 Å². The summed E-state index contributed by atoms with van der Waals surface area (Å²) in [6, 6.07) is 12.3. The topological polar surface area (TPSA) is 119 Å². The third-order valence-electron chi connectivity index (χ3n) is 8.49. The van der Waals surface area contributed by atoms with Crippen LogP contribution in [-0.4, -0.2) is 91.0 Å². The first-order valence-electron chi connectivity index (χ1n) is 14.7. The van der Waals surface area contributed by atoms with Gasteiger partial charge in [-0.25, -0.2) is 13.1 Å². The molecule has 5 N–H and O–H groups in total. The molecule has 40 heavy (non-hydrogen) atoms. The molecule has 0 radical (unpaired) electrons. The highest BCUT2D eigenvalue weighted by Crippen LogP contribution is 2.26. The van der Waals surface area contributed by atoms with Gasteiger partial charge in [0.2, 0.25) is 10.0 Å². The van der Waals surface area contributed by atoms with Crippen LogP contribution in [0.1, 0.15) is 66.2 Å². The Morgan fingerprint density at radius 1 is 0.900 bits per heavy atom. The Hall–Kier alpha value is -1.30. The number of nitrogens with two attached hydrogens (primary N) is 1. The predicted octanol–water partition coefficient (Wildman–Crippen LogP) is 3.96. The molecule has 0 unspecified atom stereocenters. The Balaban J connectivity index is 0.000000285. The Morgan fingerprint density at radius 2 is 1.43 bits per heavy atom.